The van der Waals surface area contributed by atoms with Crippen molar-refractivity contribution in [1.29, 1.82) is 0 Å². The van der Waals surface area contributed by atoms with Crippen LogP contribution in [0, 0.1) is 5.92 Å². The van der Waals surface area contributed by atoms with Gasteiger partial charge in [-0.2, -0.15) is 0 Å². The lowest BCUT2D eigenvalue weighted by molar-refractivity contribution is -0.150. The lowest BCUT2D eigenvalue weighted by Crippen LogP contribution is -2.50. The molecule has 0 unspecified atom stereocenters. The Morgan fingerprint density at radius 2 is 2.00 bits per heavy atom. The lowest BCUT2D eigenvalue weighted by Gasteiger charge is -2.36. The van der Waals surface area contributed by atoms with E-state index in [9.17, 15) is 4.79 Å². The Hall–Kier alpha value is -0.610. The van der Waals surface area contributed by atoms with Crippen LogP contribution in [0.2, 0.25) is 0 Å². The summed E-state index contributed by atoms with van der Waals surface area (Å²) in [5.41, 5.74) is 0. The topological polar surface area (TPSA) is 58.6 Å². The minimum Gasteiger partial charge on any atom is -0.466 e. The largest absolute Gasteiger partial charge is 0.466 e. The summed E-state index contributed by atoms with van der Waals surface area (Å²) in [7, 11) is 0. The molecule has 1 aliphatic heterocycles. The van der Waals surface area contributed by atoms with Crippen LogP contribution in [-0.4, -0.2) is 36.4 Å². The number of esters is 1. The molecular formula is C16H31NO3. The first-order valence-corrected chi connectivity index (χ1v) is 8.26. The van der Waals surface area contributed by atoms with Crippen LogP contribution in [-0.2, 0) is 9.53 Å². The average molecular weight is 285 g/mol. The van der Waals surface area contributed by atoms with Gasteiger partial charge in [0, 0.05) is 18.7 Å². The van der Waals surface area contributed by atoms with Gasteiger partial charge in [-0.1, -0.05) is 26.2 Å². The maximum absolute atomic E-state index is 12.0. The van der Waals surface area contributed by atoms with Crippen molar-refractivity contribution >= 4 is 5.97 Å². The van der Waals surface area contributed by atoms with Crippen LogP contribution in [0.4, 0.5) is 0 Å². The summed E-state index contributed by atoms with van der Waals surface area (Å²) in [6.45, 7) is 4.70. The molecule has 118 valence electrons. The summed E-state index contributed by atoms with van der Waals surface area (Å²) in [5, 5.41) is 12.6. The van der Waals surface area contributed by atoms with Crippen LogP contribution in [0.15, 0.2) is 0 Å². The number of unbranched alkanes of at least 4 members (excludes halogenated alkanes) is 2. The summed E-state index contributed by atoms with van der Waals surface area (Å²) in [5.74, 6) is -0.112. The second-order valence-corrected chi connectivity index (χ2v) is 5.77. The maximum atomic E-state index is 12.0. The monoisotopic (exact) mass is 285 g/mol. The second kappa shape index (κ2) is 10.2. The van der Waals surface area contributed by atoms with Gasteiger partial charge in [-0.15, -0.1) is 0 Å². The van der Waals surface area contributed by atoms with Crippen molar-refractivity contribution in [3.05, 3.63) is 0 Å². The normalized spacial score (nSPS) is 26.4. The molecule has 1 rings (SSSR count). The van der Waals surface area contributed by atoms with Crippen molar-refractivity contribution in [2.75, 3.05) is 13.2 Å². The van der Waals surface area contributed by atoms with E-state index in [-0.39, 0.29) is 24.5 Å². The number of carbonyl (C=O) groups is 1. The van der Waals surface area contributed by atoms with Crippen molar-refractivity contribution in [2.24, 2.45) is 5.92 Å². The van der Waals surface area contributed by atoms with Crippen LogP contribution < -0.4 is 5.32 Å². The third-order valence-electron chi connectivity index (χ3n) is 4.18. The molecule has 0 aromatic rings. The van der Waals surface area contributed by atoms with E-state index in [1.165, 1.54) is 25.7 Å². The number of aliphatic hydroxyl groups is 1. The molecule has 0 saturated carbocycles. The number of carbonyl (C=O) groups excluding carboxylic acids is 1. The fourth-order valence-corrected chi connectivity index (χ4v) is 3.08. The van der Waals surface area contributed by atoms with Gasteiger partial charge in [0.15, 0.2) is 0 Å². The number of aliphatic hydroxyl groups excluding tert-OH is 1. The molecule has 1 aliphatic rings. The van der Waals surface area contributed by atoms with E-state index in [0.717, 1.165) is 25.7 Å². The Morgan fingerprint density at radius 3 is 2.65 bits per heavy atom. The lowest BCUT2D eigenvalue weighted by atomic mass is 9.83. The van der Waals surface area contributed by atoms with Crippen molar-refractivity contribution in [1.82, 2.24) is 5.32 Å². The summed E-state index contributed by atoms with van der Waals surface area (Å²) in [4.78, 5) is 12.0. The van der Waals surface area contributed by atoms with Crippen LogP contribution in [0.25, 0.3) is 0 Å². The van der Waals surface area contributed by atoms with E-state index >= 15 is 0 Å². The average Bonchev–Trinajstić information content (AvgIpc) is 2.45. The van der Waals surface area contributed by atoms with Crippen LogP contribution in [0.5, 0.6) is 0 Å². The molecule has 1 fully saturated rings. The standard InChI is InChI=1S/C16H31NO3/c1-3-5-6-8-13-10-11-14(16(19)20-4-2)15(17-13)9-7-12-18/h13-15,17-18H,3-12H2,1-2H3/t13-,14+,15+/m1/s1. The van der Waals surface area contributed by atoms with Crippen molar-refractivity contribution in [3.63, 3.8) is 0 Å². The van der Waals surface area contributed by atoms with E-state index in [1.807, 2.05) is 6.92 Å². The first kappa shape index (κ1) is 17.4. The molecular weight excluding hydrogens is 254 g/mol. The number of hydrogen-bond donors (Lipinski definition) is 2. The summed E-state index contributed by atoms with van der Waals surface area (Å²) in [6.07, 6.45) is 8.54. The molecule has 0 bridgehead atoms. The van der Waals surface area contributed by atoms with Gasteiger partial charge >= 0.3 is 5.97 Å². The number of piperidine rings is 1. The minimum atomic E-state index is -0.0741. The maximum Gasteiger partial charge on any atom is 0.310 e. The molecule has 1 saturated heterocycles. The van der Waals surface area contributed by atoms with Crippen LogP contribution in [0.1, 0.15) is 65.2 Å². The Balaban J connectivity index is 2.49. The molecule has 0 amide bonds. The highest BCUT2D eigenvalue weighted by Crippen LogP contribution is 2.26. The van der Waals surface area contributed by atoms with Crippen molar-refractivity contribution in [2.45, 2.75) is 77.3 Å². The minimum absolute atomic E-state index is 0.0380. The summed E-state index contributed by atoms with van der Waals surface area (Å²) < 4.78 is 5.18. The van der Waals surface area contributed by atoms with Gasteiger partial charge in [-0.25, -0.2) is 0 Å². The molecule has 0 aromatic carbocycles. The summed E-state index contributed by atoms with van der Waals surface area (Å²) >= 11 is 0. The Morgan fingerprint density at radius 1 is 1.20 bits per heavy atom. The van der Waals surface area contributed by atoms with Gasteiger partial charge in [0.1, 0.15) is 0 Å². The molecule has 0 aromatic heterocycles. The van der Waals surface area contributed by atoms with E-state index in [2.05, 4.69) is 12.2 Å². The predicted molar refractivity (Wildman–Crippen MR) is 80.5 cm³/mol. The first-order valence-electron chi connectivity index (χ1n) is 8.26. The fraction of sp³-hybridized carbons (Fsp3) is 0.938. The molecule has 0 spiro atoms. The zero-order valence-corrected chi connectivity index (χ0v) is 13.1. The second-order valence-electron chi connectivity index (χ2n) is 5.77. The van der Waals surface area contributed by atoms with Crippen molar-refractivity contribution in [3.8, 4) is 0 Å². The van der Waals surface area contributed by atoms with Crippen molar-refractivity contribution < 1.29 is 14.6 Å². The van der Waals surface area contributed by atoms with Gasteiger partial charge in [-0.3, -0.25) is 4.79 Å². The SMILES string of the molecule is CCCCC[C@@H]1CC[C@H](C(=O)OCC)[C@H](CCCO)N1. The molecule has 0 radical (unpaired) electrons. The third kappa shape index (κ3) is 5.80. The Bertz CT molecular complexity index is 270. The third-order valence-corrected chi connectivity index (χ3v) is 4.18. The first-order chi connectivity index (χ1) is 9.72. The summed E-state index contributed by atoms with van der Waals surface area (Å²) in [6, 6.07) is 0.692. The van der Waals surface area contributed by atoms with Gasteiger partial charge in [0.05, 0.1) is 12.5 Å². The number of rotatable bonds is 9. The number of hydrogen-bond acceptors (Lipinski definition) is 4. The van der Waals surface area contributed by atoms with E-state index in [1.54, 1.807) is 0 Å². The van der Waals surface area contributed by atoms with Gasteiger partial charge in [0.2, 0.25) is 0 Å². The molecule has 3 atom stereocenters. The quantitative estimate of drug-likeness (QED) is 0.505. The Kier molecular flexibility index (Phi) is 8.86. The fourth-order valence-electron chi connectivity index (χ4n) is 3.08. The highest BCUT2D eigenvalue weighted by molar-refractivity contribution is 5.73. The highest BCUT2D eigenvalue weighted by atomic mass is 16.5. The van der Waals surface area contributed by atoms with Gasteiger partial charge in [0.25, 0.3) is 0 Å². The highest BCUT2D eigenvalue weighted by Gasteiger charge is 2.34. The zero-order chi connectivity index (χ0) is 14.8. The Labute approximate surface area is 123 Å². The van der Waals surface area contributed by atoms with Crippen LogP contribution in [0.3, 0.4) is 0 Å². The predicted octanol–water partition coefficient (Wildman–Crippen LogP) is 2.64. The molecule has 2 N–H and O–H groups in total. The molecule has 4 nitrogen and oxygen atoms in total. The van der Waals surface area contributed by atoms with E-state index in [4.69, 9.17) is 9.84 Å². The smallest absolute Gasteiger partial charge is 0.310 e. The van der Waals surface area contributed by atoms with Gasteiger partial charge in [-0.05, 0) is 39.0 Å². The molecule has 1 heterocycles. The van der Waals surface area contributed by atoms with E-state index in [0.29, 0.717) is 12.6 Å². The number of nitrogens with one attached hydrogen (secondary N) is 1. The number of ether oxygens (including phenoxy) is 1. The van der Waals surface area contributed by atoms with Crippen LogP contribution >= 0.6 is 0 Å². The zero-order valence-electron chi connectivity index (χ0n) is 13.1. The molecule has 0 aliphatic carbocycles. The van der Waals surface area contributed by atoms with Gasteiger partial charge < -0.3 is 15.2 Å². The van der Waals surface area contributed by atoms with E-state index < -0.39 is 0 Å². The molecule has 4 heteroatoms. The molecule has 20 heavy (non-hydrogen) atoms.